The fourth-order valence-corrected chi connectivity index (χ4v) is 3.52. The first-order chi connectivity index (χ1) is 13.1. The number of rotatable bonds is 6. The van der Waals surface area contributed by atoms with Gasteiger partial charge in [0.15, 0.2) is 12.2 Å². The van der Waals surface area contributed by atoms with E-state index in [0.717, 1.165) is 44.2 Å². The summed E-state index contributed by atoms with van der Waals surface area (Å²) in [5.74, 6) is -1.44. The molecule has 0 saturated heterocycles. The van der Waals surface area contributed by atoms with Gasteiger partial charge < -0.3 is 14.1 Å². The van der Waals surface area contributed by atoms with Crippen LogP contribution in [0.4, 0.5) is 0 Å². The van der Waals surface area contributed by atoms with Crippen molar-refractivity contribution >= 4 is 23.0 Å². The molecule has 2 aromatic rings. The minimum absolute atomic E-state index is 0.191. The zero-order valence-electron chi connectivity index (χ0n) is 15.1. The predicted molar refractivity (Wildman–Crippen MR) is 97.9 cm³/mol. The molecule has 0 atom stereocenters. The average molecular weight is 370 g/mol. The summed E-state index contributed by atoms with van der Waals surface area (Å²) < 4.78 is 11.5. The molecule has 1 aromatic carbocycles. The van der Waals surface area contributed by atoms with Crippen LogP contribution in [0.5, 0.6) is 0 Å². The monoisotopic (exact) mass is 370 g/mol. The standard InChI is InChI=1S/C20H22N2O5/c23-18(22(15-10-11-15)14-6-2-1-3-7-14)13-26-19(24)12-21-16-8-4-5-9-17(16)27-20(21)25/h4-6,8-9,15H,1-3,7,10-13H2. The van der Waals surface area contributed by atoms with E-state index >= 15 is 0 Å². The van der Waals surface area contributed by atoms with E-state index < -0.39 is 11.7 Å². The number of ether oxygens (including phenoxy) is 1. The topological polar surface area (TPSA) is 81.7 Å². The number of hydrogen-bond donors (Lipinski definition) is 0. The van der Waals surface area contributed by atoms with E-state index in [2.05, 4.69) is 6.08 Å². The summed E-state index contributed by atoms with van der Waals surface area (Å²) in [5, 5.41) is 0. The highest BCUT2D eigenvalue weighted by Gasteiger charge is 2.35. The second-order valence-corrected chi connectivity index (χ2v) is 7.02. The van der Waals surface area contributed by atoms with Gasteiger partial charge in [-0.1, -0.05) is 18.2 Å². The number of fused-ring (bicyclic) bond motifs is 1. The molecule has 0 radical (unpaired) electrons. The second-order valence-electron chi connectivity index (χ2n) is 7.02. The third kappa shape index (κ3) is 3.82. The van der Waals surface area contributed by atoms with E-state index in [-0.39, 0.29) is 25.1 Å². The first-order valence-corrected chi connectivity index (χ1v) is 9.38. The van der Waals surface area contributed by atoms with Crippen LogP contribution in [0.1, 0.15) is 38.5 Å². The summed E-state index contributed by atoms with van der Waals surface area (Å²) in [6.07, 6.45) is 8.23. The van der Waals surface area contributed by atoms with Crippen molar-refractivity contribution in [3.63, 3.8) is 0 Å². The normalized spacial score (nSPS) is 16.8. The first kappa shape index (κ1) is 17.6. The van der Waals surface area contributed by atoms with Gasteiger partial charge in [-0.3, -0.25) is 14.2 Å². The Hall–Kier alpha value is -2.83. The molecule has 0 unspecified atom stereocenters. The molecule has 7 heteroatoms. The van der Waals surface area contributed by atoms with Crippen LogP contribution in [0, 0.1) is 0 Å². The van der Waals surface area contributed by atoms with Gasteiger partial charge in [0.2, 0.25) is 0 Å². The second kappa shape index (κ2) is 7.42. The number of esters is 1. The number of oxazole rings is 1. The third-order valence-corrected chi connectivity index (χ3v) is 4.97. The molecule has 0 aliphatic heterocycles. The Morgan fingerprint density at radius 1 is 1.22 bits per heavy atom. The summed E-state index contributed by atoms with van der Waals surface area (Å²) in [6, 6.07) is 7.10. The number of carbonyl (C=O) groups excluding carboxylic acids is 2. The fraction of sp³-hybridized carbons (Fsp3) is 0.450. The maximum absolute atomic E-state index is 12.6. The van der Waals surface area contributed by atoms with E-state index in [1.807, 2.05) is 4.90 Å². The van der Waals surface area contributed by atoms with Gasteiger partial charge in [-0.15, -0.1) is 0 Å². The number of amides is 1. The highest BCUT2D eigenvalue weighted by atomic mass is 16.5. The van der Waals surface area contributed by atoms with Crippen molar-refractivity contribution in [2.75, 3.05) is 6.61 Å². The fourth-order valence-electron chi connectivity index (χ4n) is 3.52. The maximum atomic E-state index is 12.6. The van der Waals surface area contributed by atoms with Crippen molar-refractivity contribution in [3.8, 4) is 0 Å². The van der Waals surface area contributed by atoms with Crippen LogP contribution in [0.15, 0.2) is 45.3 Å². The molecule has 0 N–H and O–H groups in total. The van der Waals surface area contributed by atoms with Gasteiger partial charge in [0.25, 0.3) is 5.91 Å². The largest absolute Gasteiger partial charge is 0.454 e. The van der Waals surface area contributed by atoms with Crippen molar-refractivity contribution in [2.45, 2.75) is 51.1 Å². The van der Waals surface area contributed by atoms with Crippen LogP contribution in [0.25, 0.3) is 11.1 Å². The lowest BCUT2D eigenvalue weighted by molar-refractivity contribution is -0.152. The molecule has 2 aliphatic rings. The minimum Gasteiger partial charge on any atom is -0.454 e. The lowest BCUT2D eigenvalue weighted by Crippen LogP contribution is -2.36. The van der Waals surface area contributed by atoms with E-state index in [1.165, 1.54) is 4.57 Å². The lowest BCUT2D eigenvalue weighted by atomic mass is 10.0. The number of carbonyl (C=O) groups is 2. The Bertz CT molecular complexity index is 951. The quantitative estimate of drug-likeness (QED) is 0.730. The van der Waals surface area contributed by atoms with Gasteiger partial charge in [0.1, 0.15) is 6.54 Å². The summed E-state index contributed by atoms with van der Waals surface area (Å²) in [7, 11) is 0. The molecule has 1 heterocycles. The van der Waals surface area contributed by atoms with Gasteiger partial charge in [0, 0.05) is 11.7 Å². The van der Waals surface area contributed by atoms with Gasteiger partial charge >= 0.3 is 11.7 Å². The van der Waals surface area contributed by atoms with Crippen molar-refractivity contribution in [1.82, 2.24) is 9.47 Å². The molecule has 0 spiro atoms. The van der Waals surface area contributed by atoms with E-state index in [9.17, 15) is 14.4 Å². The Kier molecular flexibility index (Phi) is 4.83. The molecule has 7 nitrogen and oxygen atoms in total. The first-order valence-electron chi connectivity index (χ1n) is 9.38. The van der Waals surface area contributed by atoms with Crippen LogP contribution < -0.4 is 5.76 Å². The number of benzene rings is 1. The van der Waals surface area contributed by atoms with Crippen LogP contribution in [0.3, 0.4) is 0 Å². The lowest BCUT2D eigenvalue weighted by Gasteiger charge is -2.27. The van der Waals surface area contributed by atoms with Gasteiger partial charge in [-0.05, 0) is 50.7 Å². The van der Waals surface area contributed by atoms with Gasteiger partial charge in [-0.25, -0.2) is 4.79 Å². The Morgan fingerprint density at radius 2 is 2.04 bits per heavy atom. The molecule has 142 valence electrons. The average Bonchev–Trinajstić information content (AvgIpc) is 3.46. The predicted octanol–water partition coefficient (Wildman–Crippen LogP) is 2.59. The minimum atomic E-state index is -0.634. The van der Waals surface area contributed by atoms with Crippen LogP contribution in [-0.4, -0.2) is 34.0 Å². The van der Waals surface area contributed by atoms with Crippen molar-refractivity contribution in [3.05, 3.63) is 46.6 Å². The SMILES string of the molecule is O=C(Cn1c(=O)oc2ccccc21)OCC(=O)N(C1=CCCCC1)C1CC1. The molecular weight excluding hydrogens is 348 g/mol. The van der Waals surface area contributed by atoms with Crippen molar-refractivity contribution in [1.29, 1.82) is 0 Å². The van der Waals surface area contributed by atoms with Gasteiger partial charge in [-0.2, -0.15) is 0 Å². The number of aromatic nitrogens is 1. The van der Waals surface area contributed by atoms with E-state index in [4.69, 9.17) is 9.15 Å². The molecule has 2 aliphatic carbocycles. The maximum Gasteiger partial charge on any atom is 0.420 e. The summed E-state index contributed by atoms with van der Waals surface area (Å²) in [5.41, 5.74) is 2.00. The number of allylic oxidation sites excluding steroid dienone is 2. The zero-order valence-corrected chi connectivity index (χ0v) is 15.1. The van der Waals surface area contributed by atoms with Gasteiger partial charge in [0.05, 0.1) is 5.52 Å². The molecule has 1 aromatic heterocycles. The van der Waals surface area contributed by atoms with Crippen LogP contribution in [-0.2, 0) is 20.9 Å². The Labute approximate surface area is 156 Å². The summed E-state index contributed by atoms with van der Waals surface area (Å²) in [4.78, 5) is 38.6. The molecule has 1 fully saturated rings. The molecular formula is C20H22N2O5. The van der Waals surface area contributed by atoms with E-state index in [1.54, 1.807) is 24.3 Å². The molecule has 0 bridgehead atoms. The molecule has 4 rings (SSSR count). The van der Waals surface area contributed by atoms with Crippen molar-refractivity contribution < 1.29 is 18.7 Å². The smallest absolute Gasteiger partial charge is 0.420 e. The van der Waals surface area contributed by atoms with Crippen LogP contribution in [0.2, 0.25) is 0 Å². The van der Waals surface area contributed by atoms with Crippen molar-refractivity contribution in [2.24, 2.45) is 0 Å². The molecule has 1 amide bonds. The highest BCUT2D eigenvalue weighted by molar-refractivity contribution is 5.83. The molecule has 1 saturated carbocycles. The van der Waals surface area contributed by atoms with Crippen LogP contribution >= 0.6 is 0 Å². The Morgan fingerprint density at radius 3 is 2.78 bits per heavy atom. The highest BCUT2D eigenvalue weighted by Crippen LogP contribution is 2.33. The summed E-state index contributed by atoms with van der Waals surface area (Å²) in [6.45, 7) is -0.591. The Balaban J connectivity index is 1.39. The third-order valence-electron chi connectivity index (χ3n) is 4.97. The number of nitrogens with zero attached hydrogens (tertiary/aromatic N) is 2. The summed E-state index contributed by atoms with van der Waals surface area (Å²) >= 11 is 0. The molecule has 27 heavy (non-hydrogen) atoms. The number of para-hydroxylation sites is 2. The van der Waals surface area contributed by atoms with E-state index in [0.29, 0.717) is 11.1 Å². The number of hydrogen-bond acceptors (Lipinski definition) is 5. The zero-order chi connectivity index (χ0) is 18.8.